The second kappa shape index (κ2) is 12.3. The van der Waals surface area contributed by atoms with Crippen LogP contribution >= 0.6 is 0 Å². The van der Waals surface area contributed by atoms with Gasteiger partial charge in [-0.3, -0.25) is 9.59 Å². The number of fused-ring (bicyclic) bond motifs is 1. The monoisotopic (exact) mass is 519 g/mol. The Morgan fingerprint density at radius 1 is 1.16 bits per heavy atom. The van der Waals surface area contributed by atoms with Crippen LogP contribution in [-0.4, -0.2) is 57.1 Å². The van der Waals surface area contributed by atoms with Crippen LogP contribution in [0, 0.1) is 5.92 Å². The number of aromatic nitrogens is 2. The summed E-state index contributed by atoms with van der Waals surface area (Å²) in [5.41, 5.74) is 3.11. The van der Waals surface area contributed by atoms with Crippen molar-refractivity contribution in [1.82, 2.24) is 25.3 Å². The Kier molecular flexibility index (Phi) is 9.23. The van der Waals surface area contributed by atoms with Gasteiger partial charge in [0.15, 0.2) is 0 Å². The van der Waals surface area contributed by atoms with E-state index in [2.05, 4.69) is 33.1 Å². The molecule has 9 nitrogen and oxygen atoms in total. The van der Waals surface area contributed by atoms with E-state index in [0.717, 1.165) is 30.6 Å². The highest BCUT2D eigenvalue weighted by Gasteiger charge is 2.38. The standard InChI is InChI=1S/C23H27N5O2.C2HF3O2/c1-16(22(29)26-13-18-7-8-21-24-9-10-28(21)15-18)27-23(30)20-12-19(14-25-20)11-17-5-3-2-4-6-17;3-2(4,5)1(6)7/h2-10,15-16,19-20,25H,11-14H2,1H3,(H,26,29)(H,27,30);(H,6,7)/t16-,19-,20+;/m0./s1. The van der Waals surface area contributed by atoms with Crippen molar-refractivity contribution in [1.29, 1.82) is 0 Å². The van der Waals surface area contributed by atoms with Crippen LogP contribution in [0.2, 0.25) is 0 Å². The van der Waals surface area contributed by atoms with E-state index in [0.29, 0.717) is 12.5 Å². The molecule has 0 radical (unpaired) electrons. The Hall–Kier alpha value is -3.93. The third kappa shape index (κ3) is 8.31. The fraction of sp³-hybridized carbons (Fsp3) is 0.360. The lowest BCUT2D eigenvalue weighted by atomic mass is 9.96. The van der Waals surface area contributed by atoms with E-state index in [4.69, 9.17) is 9.90 Å². The zero-order valence-corrected chi connectivity index (χ0v) is 20.0. The topological polar surface area (TPSA) is 125 Å². The van der Waals surface area contributed by atoms with Gasteiger partial charge in [-0.1, -0.05) is 36.4 Å². The maximum absolute atomic E-state index is 12.6. The molecular weight excluding hydrogens is 491 g/mol. The summed E-state index contributed by atoms with van der Waals surface area (Å²) < 4.78 is 33.6. The summed E-state index contributed by atoms with van der Waals surface area (Å²) in [5.74, 6) is -2.65. The number of carboxylic acid groups (broad SMARTS) is 1. The van der Waals surface area contributed by atoms with Gasteiger partial charge in [-0.05, 0) is 49.4 Å². The van der Waals surface area contributed by atoms with E-state index in [1.165, 1.54) is 5.56 Å². The molecule has 1 saturated heterocycles. The summed E-state index contributed by atoms with van der Waals surface area (Å²) in [5, 5.41) is 16.1. The van der Waals surface area contributed by atoms with Crippen LogP contribution in [-0.2, 0) is 27.3 Å². The van der Waals surface area contributed by atoms with Crippen LogP contribution in [0.4, 0.5) is 13.2 Å². The lowest BCUT2D eigenvalue weighted by Gasteiger charge is -2.17. The highest BCUT2D eigenvalue weighted by molar-refractivity contribution is 5.89. The maximum atomic E-state index is 12.6. The fourth-order valence-corrected chi connectivity index (χ4v) is 3.90. The van der Waals surface area contributed by atoms with Crippen LogP contribution in [0.5, 0.6) is 0 Å². The molecule has 1 aliphatic rings. The van der Waals surface area contributed by atoms with Gasteiger partial charge in [0.25, 0.3) is 0 Å². The molecule has 0 unspecified atom stereocenters. The van der Waals surface area contributed by atoms with Gasteiger partial charge in [0.05, 0.1) is 6.04 Å². The molecular formula is C25H28F3N5O4. The number of hydrogen-bond donors (Lipinski definition) is 4. The summed E-state index contributed by atoms with van der Waals surface area (Å²) in [4.78, 5) is 38.1. The number of carboxylic acids is 1. The van der Waals surface area contributed by atoms with Gasteiger partial charge < -0.3 is 25.5 Å². The molecule has 3 atom stereocenters. The molecule has 4 rings (SSSR count). The number of halogens is 3. The number of pyridine rings is 1. The fourth-order valence-electron chi connectivity index (χ4n) is 3.90. The number of imidazole rings is 1. The Balaban J connectivity index is 0.000000479. The van der Waals surface area contributed by atoms with E-state index in [1.54, 1.807) is 13.1 Å². The predicted octanol–water partition coefficient (Wildman–Crippen LogP) is 2.31. The van der Waals surface area contributed by atoms with Crippen molar-refractivity contribution in [3.05, 3.63) is 72.2 Å². The maximum Gasteiger partial charge on any atom is 0.490 e. The van der Waals surface area contributed by atoms with E-state index in [1.807, 2.05) is 47.1 Å². The first-order chi connectivity index (χ1) is 17.5. The number of rotatable bonds is 7. The van der Waals surface area contributed by atoms with Gasteiger partial charge in [-0.25, -0.2) is 9.78 Å². The van der Waals surface area contributed by atoms with Gasteiger partial charge in [0, 0.05) is 25.1 Å². The molecule has 1 aliphatic heterocycles. The average molecular weight is 520 g/mol. The van der Waals surface area contributed by atoms with Crippen LogP contribution < -0.4 is 16.0 Å². The van der Waals surface area contributed by atoms with E-state index >= 15 is 0 Å². The van der Waals surface area contributed by atoms with Crippen LogP contribution in [0.3, 0.4) is 0 Å². The number of nitrogens with one attached hydrogen (secondary N) is 3. The lowest BCUT2D eigenvalue weighted by molar-refractivity contribution is -0.192. The summed E-state index contributed by atoms with van der Waals surface area (Å²) in [7, 11) is 0. The first-order valence-electron chi connectivity index (χ1n) is 11.6. The molecule has 3 heterocycles. The summed E-state index contributed by atoms with van der Waals surface area (Å²) in [6.07, 6.45) is 2.18. The number of carbonyl (C=O) groups is 3. The van der Waals surface area contributed by atoms with Crippen molar-refractivity contribution in [2.24, 2.45) is 5.92 Å². The number of aliphatic carboxylic acids is 1. The zero-order chi connectivity index (χ0) is 27.0. The zero-order valence-electron chi connectivity index (χ0n) is 20.0. The number of nitrogens with zero attached hydrogens (tertiary/aromatic N) is 2. The number of amides is 2. The second-order valence-corrected chi connectivity index (χ2v) is 8.73. The van der Waals surface area contributed by atoms with Gasteiger partial charge in [0.2, 0.25) is 11.8 Å². The number of carbonyl (C=O) groups excluding carboxylic acids is 2. The molecule has 2 aromatic heterocycles. The summed E-state index contributed by atoms with van der Waals surface area (Å²) >= 11 is 0. The van der Waals surface area contributed by atoms with Gasteiger partial charge >= 0.3 is 12.1 Å². The molecule has 2 amide bonds. The Morgan fingerprint density at radius 2 is 1.86 bits per heavy atom. The lowest BCUT2D eigenvalue weighted by Crippen LogP contribution is -2.49. The minimum Gasteiger partial charge on any atom is -0.475 e. The average Bonchev–Trinajstić information content (AvgIpc) is 3.52. The van der Waals surface area contributed by atoms with E-state index in [9.17, 15) is 22.8 Å². The molecule has 1 aromatic carbocycles. The van der Waals surface area contributed by atoms with Crippen LogP contribution in [0.25, 0.3) is 5.65 Å². The van der Waals surface area contributed by atoms with Gasteiger partial charge in [0.1, 0.15) is 11.7 Å². The second-order valence-electron chi connectivity index (χ2n) is 8.73. The summed E-state index contributed by atoms with van der Waals surface area (Å²) in [6.45, 7) is 2.92. The molecule has 0 aliphatic carbocycles. The predicted molar refractivity (Wildman–Crippen MR) is 128 cm³/mol. The third-order valence-corrected chi connectivity index (χ3v) is 5.82. The van der Waals surface area contributed by atoms with Crippen LogP contribution in [0.15, 0.2) is 61.1 Å². The molecule has 12 heteroatoms. The van der Waals surface area contributed by atoms with Crippen molar-refractivity contribution in [3.63, 3.8) is 0 Å². The molecule has 0 bridgehead atoms. The Labute approximate surface area is 211 Å². The smallest absolute Gasteiger partial charge is 0.475 e. The highest BCUT2D eigenvalue weighted by Crippen LogP contribution is 2.19. The van der Waals surface area contributed by atoms with Gasteiger partial charge in [-0.15, -0.1) is 0 Å². The molecule has 0 spiro atoms. The molecule has 1 fully saturated rings. The molecule has 4 N–H and O–H groups in total. The van der Waals surface area contributed by atoms with Crippen molar-refractivity contribution >= 4 is 23.4 Å². The first-order valence-corrected chi connectivity index (χ1v) is 11.6. The quantitative estimate of drug-likeness (QED) is 0.380. The first kappa shape index (κ1) is 27.7. The highest BCUT2D eigenvalue weighted by atomic mass is 19.4. The van der Waals surface area contributed by atoms with Crippen molar-refractivity contribution < 1.29 is 32.7 Å². The van der Waals surface area contributed by atoms with Crippen molar-refractivity contribution in [3.8, 4) is 0 Å². The molecule has 37 heavy (non-hydrogen) atoms. The summed E-state index contributed by atoms with van der Waals surface area (Å²) in [6, 6.07) is 13.3. The van der Waals surface area contributed by atoms with Crippen LogP contribution in [0.1, 0.15) is 24.5 Å². The molecule has 0 saturated carbocycles. The molecule has 3 aromatic rings. The minimum absolute atomic E-state index is 0.118. The minimum atomic E-state index is -5.08. The number of hydrogen-bond acceptors (Lipinski definition) is 5. The molecule has 198 valence electrons. The largest absolute Gasteiger partial charge is 0.490 e. The normalized spacial score (nSPS) is 17.9. The Bertz CT molecular complexity index is 1220. The Morgan fingerprint density at radius 3 is 2.54 bits per heavy atom. The number of alkyl halides is 3. The number of benzene rings is 1. The SMILES string of the molecule is C[C@H](NC(=O)[C@H]1C[C@H](Cc2ccccc2)CN1)C(=O)NCc1ccc2nccn2c1.O=C(O)C(F)(F)F. The van der Waals surface area contributed by atoms with Crippen molar-refractivity contribution in [2.75, 3.05) is 6.54 Å². The third-order valence-electron chi connectivity index (χ3n) is 5.82. The van der Waals surface area contributed by atoms with Gasteiger partial charge in [-0.2, -0.15) is 13.2 Å². The van der Waals surface area contributed by atoms with E-state index < -0.39 is 18.2 Å². The van der Waals surface area contributed by atoms with E-state index in [-0.39, 0.29) is 17.9 Å². The van der Waals surface area contributed by atoms with Crippen molar-refractivity contribution in [2.45, 2.75) is 44.6 Å².